The van der Waals surface area contributed by atoms with Crippen LogP contribution in [0, 0.1) is 6.92 Å². The van der Waals surface area contributed by atoms with Gasteiger partial charge in [-0.25, -0.2) is 8.42 Å². The number of sulfonamides is 1. The number of aryl methyl sites for hydroxylation is 1. The van der Waals surface area contributed by atoms with Gasteiger partial charge in [0.1, 0.15) is 24.1 Å². The maximum atomic E-state index is 14.1. The van der Waals surface area contributed by atoms with E-state index in [1.165, 1.54) is 24.1 Å². The van der Waals surface area contributed by atoms with Crippen LogP contribution in [-0.4, -0.2) is 44.8 Å². The molecule has 230 valence electrons. The van der Waals surface area contributed by atoms with Crippen molar-refractivity contribution in [3.05, 3.63) is 118 Å². The number of benzene rings is 4. The summed E-state index contributed by atoms with van der Waals surface area (Å²) in [4.78, 5) is 28.4. The Morgan fingerprint density at radius 1 is 0.864 bits per heavy atom. The van der Waals surface area contributed by atoms with Crippen molar-refractivity contribution >= 4 is 50.7 Å². The van der Waals surface area contributed by atoms with Crippen LogP contribution < -0.4 is 14.4 Å². The summed E-state index contributed by atoms with van der Waals surface area (Å²) in [6, 6.07) is 26.1. The third kappa shape index (κ3) is 7.91. The number of hydrogen-bond acceptors (Lipinski definition) is 5. The van der Waals surface area contributed by atoms with E-state index in [1.54, 1.807) is 73.7 Å². The molecule has 1 N–H and O–H groups in total. The van der Waals surface area contributed by atoms with E-state index in [9.17, 15) is 18.0 Å². The van der Waals surface area contributed by atoms with Crippen LogP contribution in [0.1, 0.15) is 24.5 Å². The molecular weight excluding hydrogens is 621 g/mol. The number of anilines is 1. The Bertz CT molecular complexity index is 1700. The first-order chi connectivity index (χ1) is 21.0. The minimum Gasteiger partial charge on any atom is -0.457 e. The highest BCUT2D eigenvalue weighted by Gasteiger charge is 2.33. The minimum absolute atomic E-state index is 0.00389. The number of nitrogens with zero attached hydrogens (tertiary/aromatic N) is 2. The van der Waals surface area contributed by atoms with E-state index >= 15 is 0 Å². The number of carbonyl (C=O) groups excluding carboxylic acids is 2. The van der Waals surface area contributed by atoms with Gasteiger partial charge in [-0.05, 0) is 79.6 Å². The molecular formula is C33H33Cl2N3O5S. The lowest BCUT2D eigenvalue weighted by atomic mass is 10.1. The second-order valence-electron chi connectivity index (χ2n) is 10.0. The number of amides is 2. The summed E-state index contributed by atoms with van der Waals surface area (Å²) >= 11 is 12.3. The zero-order valence-corrected chi connectivity index (χ0v) is 26.9. The number of para-hydroxylation sites is 1. The van der Waals surface area contributed by atoms with Crippen LogP contribution in [0.5, 0.6) is 11.5 Å². The highest BCUT2D eigenvalue weighted by molar-refractivity contribution is 7.92. The zero-order chi connectivity index (χ0) is 31.9. The van der Waals surface area contributed by atoms with E-state index in [1.807, 2.05) is 25.1 Å². The molecule has 0 aliphatic rings. The van der Waals surface area contributed by atoms with Crippen molar-refractivity contribution < 1.29 is 22.7 Å². The van der Waals surface area contributed by atoms with E-state index in [0.29, 0.717) is 33.5 Å². The Kier molecular flexibility index (Phi) is 10.9. The van der Waals surface area contributed by atoms with E-state index in [0.717, 1.165) is 9.87 Å². The third-order valence-corrected chi connectivity index (χ3v) is 9.49. The van der Waals surface area contributed by atoms with Gasteiger partial charge in [0.15, 0.2) is 0 Å². The Morgan fingerprint density at radius 3 is 2.09 bits per heavy atom. The van der Waals surface area contributed by atoms with Crippen molar-refractivity contribution in [3.63, 3.8) is 0 Å². The molecule has 0 unspecified atom stereocenters. The molecule has 0 saturated carbocycles. The molecule has 1 atom stereocenters. The lowest BCUT2D eigenvalue weighted by Gasteiger charge is -2.33. The van der Waals surface area contributed by atoms with Gasteiger partial charge in [0.05, 0.1) is 20.6 Å². The van der Waals surface area contributed by atoms with E-state index in [-0.39, 0.29) is 23.0 Å². The summed E-state index contributed by atoms with van der Waals surface area (Å²) in [7, 11) is -2.72. The molecule has 0 saturated heterocycles. The van der Waals surface area contributed by atoms with Crippen molar-refractivity contribution in [1.82, 2.24) is 10.2 Å². The number of hydrogen-bond donors (Lipinski definition) is 1. The predicted octanol–water partition coefficient (Wildman–Crippen LogP) is 6.84. The maximum absolute atomic E-state index is 14.1. The lowest BCUT2D eigenvalue weighted by Crippen LogP contribution is -2.51. The zero-order valence-electron chi connectivity index (χ0n) is 24.5. The fraction of sp³-hybridized carbons (Fsp3) is 0.212. The molecule has 8 nitrogen and oxygen atoms in total. The normalized spacial score (nSPS) is 11.8. The van der Waals surface area contributed by atoms with Crippen LogP contribution in [0.15, 0.2) is 102 Å². The molecule has 2 amide bonds. The topological polar surface area (TPSA) is 96.0 Å². The fourth-order valence-electron chi connectivity index (χ4n) is 4.59. The van der Waals surface area contributed by atoms with Crippen LogP contribution in [0.4, 0.5) is 5.69 Å². The maximum Gasteiger partial charge on any atom is 0.264 e. The minimum atomic E-state index is -4.21. The van der Waals surface area contributed by atoms with Crippen LogP contribution in [0.2, 0.25) is 10.0 Å². The van der Waals surface area contributed by atoms with E-state index < -0.39 is 28.5 Å². The van der Waals surface area contributed by atoms with Gasteiger partial charge in [-0.15, -0.1) is 0 Å². The van der Waals surface area contributed by atoms with Crippen molar-refractivity contribution in [1.29, 1.82) is 0 Å². The molecule has 0 bridgehead atoms. The van der Waals surface area contributed by atoms with Crippen molar-refractivity contribution in [2.75, 3.05) is 17.9 Å². The highest BCUT2D eigenvalue weighted by atomic mass is 35.5. The molecule has 0 heterocycles. The van der Waals surface area contributed by atoms with Crippen molar-refractivity contribution in [2.45, 2.75) is 37.8 Å². The van der Waals surface area contributed by atoms with Crippen molar-refractivity contribution in [2.24, 2.45) is 0 Å². The molecule has 0 aromatic heterocycles. The summed E-state index contributed by atoms with van der Waals surface area (Å²) in [5.41, 5.74) is 1.77. The van der Waals surface area contributed by atoms with Gasteiger partial charge in [0.25, 0.3) is 10.0 Å². The van der Waals surface area contributed by atoms with Crippen LogP contribution >= 0.6 is 23.2 Å². The number of likely N-dealkylation sites (N-methyl/N-ethyl adjacent to an activating group) is 1. The van der Waals surface area contributed by atoms with E-state index in [2.05, 4.69) is 5.32 Å². The van der Waals surface area contributed by atoms with Gasteiger partial charge < -0.3 is 15.0 Å². The monoisotopic (exact) mass is 653 g/mol. The molecule has 4 aromatic rings. The van der Waals surface area contributed by atoms with Crippen LogP contribution in [0.3, 0.4) is 0 Å². The number of carbonyl (C=O) groups is 2. The largest absolute Gasteiger partial charge is 0.457 e. The molecule has 0 spiro atoms. The first-order valence-electron chi connectivity index (χ1n) is 13.9. The summed E-state index contributed by atoms with van der Waals surface area (Å²) < 4.78 is 35.0. The van der Waals surface area contributed by atoms with Crippen LogP contribution in [0.25, 0.3) is 0 Å². The molecule has 44 heavy (non-hydrogen) atoms. The molecule has 0 aliphatic carbocycles. The summed E-state index contributed by atoms with van der Waals surface area (Å²) in [5.74, 6) is 0.159. The van der Waals surface area contributed by atoms with Crippen LogP contribution in [-0.2, 0) is 26.2 Å². The average molecular weight is 655 g/mol. The van der Waals surface area contributed by atoms with Gasteiger partial charge in [0.2, 0.25) is 11.8 Å². The number of halogens is 2. The quantitative estimate of drug-likeness (QED) is 0.181. The number of rotatable bonds is 12. The average Bonchev–Trinajstić information content (AvgIpc) is 3.02. The SMILES string of the molecule is CC[C@@H](C(=O)NC)N(Cc1ccc(Cl)c(Cl)c1)C(=O)CN(c1ccc(Oc2ccccc2)cc1)S(=O)(=O)c1ccc(C)cc1. The van der Waals surface area contributed by atoms with Gasteiger partial charge in [-0.3, -0.25) is 13.9 Å². The first-order valence-corrected chi connectivity index (χ1v) is 16.1. The Hall–Kier alpha value is -4.05. The molecule has 0 radical (unpaired) electrons. The second kappa shape index (κ2) is 14.6. The van der Waals surface area contributed by atoms with Gasteiger partial charge in [-0.2, -0.15) is 0 Å². The Morgan fingerprint density at radius 2 is 1.50 bits per heavy atom. The third-order valence-electron chi connectivity index (χ3n) is 6.96. The van der Waals surface area contributed by atoms with Gasteiger partial charge in [-0.1, -0.05) is 72.1 Å². The number of nitrogens with one attached hydrogen (secondary N) is 1. The molecule has 11 heteroatoms. The second-order valence-corrected chi connectivity index (χ2v) is 12.7. The molecule has 4 aromatic carbocycles. The smallest absolute Gasteiger partial charge is 0.264 e. The summed E-state index contributed by atoms with van der Waals surface area (Å²) in [6.45, 7) is 3.07. The van der Waals surface area contributed by atoms with Gasteiger partial charge in [0, 0.05) is 13.6 Å². The number of ether oxygens (including phenoxy) is 1. The predicted molar refractivity (Wildman–Crippen MR) is 174 cm³/mol. The molecule has 4 rings (SSSR count). The molecule has 0 aliphatic heterocycles. The Balaban J connectivity index is 1.73. The van der Waals surface area contributed by atoms with E-state index in [4.69, 9.17) is 27.9 Å². The molecule has 0 fully saturated rings. The van der Waals surface area contributed by atoms with Gasteiger partial charge >= 0.3 is 0 Å². The fourth-order valence-corrected chi connectivity index (χ4v) is 6.33. The summed E-state index contributed by atoms with van der Waals surface area (Å²) in [5, 5.41) is 3.25. The Labute approximate surface area is 268 Å². The highest BCUT2D eigenvalue weighted by Crippen LogP contribution is 2.29. The summed E-state index contributed by atoms with van der Waals surface area (Å²) in [6.07, 6.45) is 0.295. The van der Waals surface area contributed by atoms with Crippen molar-refractivity contribution in [3.8, 4) is 11.5 Å². The standard InChI is InChI=1S/C33H33Cl2N3O5S/c1-4-31(33(40)36-3)37(21-24-12-19-29(34)30(35)20-24)32(39)22-38(44(41,42)28-17-10-23(2)11-18-28)25-13-15-27(16-14-25)43-26-8-6-5-7-9-26/h5-20,31H,4,21-22H2,1-3H3,(H,36,40)/t31-/m0/s1. The first kappa shape index (κ1) is 32.9. The lowest BCUT2D eigenvalue weighted by molar-refractivity contribution is -0.140.